The van der Waals surface area contributed by atoms with Crippen molar-refractivity contribution < 1.29 is 9.53 Å². The van der Waals surface area contributed by atoms with Crippen molar-refractivity contribution in [3.8, 4) is 33.0 Å². The summed E-state index contributed by atoms with van der Waals surface area (Å²) in [6, 6.07) is 17.1. The van der Waals surface area contributed by atoms with Crippen LogP contribution in [0.5, 0.6) is 0 Å². The third-order valence-electron chi connectivity index (χ3n) is 8.48. The van der Waals surface area contributed by atoms with Gasteiger partial charge in [-0.25, -0.2) is 14.3 Å². The third kappa shape index (κ3) is 4.63. The quantitative estimate of drug-likeness (QED) is 0.248. The number of carbonyl (C=O) groups is 1. The number of aromatic amines is 1. The Labute approximate surface area is 258 Å². The van der Waals surface area contributed by atoms with Crippen LogP contribution in [0.25, 0.3) is 49.5 Å². The Balaban J connectivity index is 1.11. The fourth-order valence-corrected chi connectivity index (χ4v) is 7.61. The second-order valence-electron chi connectivity index (χ2n) is 12.5. The van der Waals surface area contributed by atoms with Gasteiger partial charge in [0.1, 0.15) is 11.3 Å². The molecule has 1 aromatic carbocycles. The number of nitrogens with one attached hydrogen (secondary N) is 1. The number of H-pyrrole nitrogens is 1. The smallest absolute Gasteiger partial charge is 0.410 e. The first-order valence-corrected chi connectivity index (χ1v) is 15.7. The Morgan fingerprint density at radius 3 is 2.70 bits per heavy atom. The lowest BCUT2D eigenvalue weighted by Gasteiger charge is -2.35. The van der Waals surface area contributed by atoms with Crippen LogP contribution in [0.3, 0.4) is 0 Å². The fraction of sp³-hybridized carbons (Fsp3) is 0.303. The molecular formula is C33H32N8O2S. The molecule has 1 amide bonds. The normalized spacial score (nSPS) is 18.6. The van der Waals surface area contributed by atoms with Crippen molar-refractivity contribution in [3.63, 3.8) is 0 Å². The number of hydrogen-bond donors (Lipinski definition) is 1. The van der Waals surface area contributed by atoms with Crippen molar-refractivity contribution in [1.82, 2.24) is 39.6 Å². The fourth-order valence-electron chi connectivity index (χ4n) is 6.57. The van der Waals surface area contributed by atoms with Gasteiger partial charge >= 0.3 is 6.09 Å². The maximum absolute atomic E-state index is 12.7. The number of thiophene rings is 1. The minimum absolute atomic E-state index is 0.196. The molecule has 0 spiro atoms. The van der Waals surface area contributed by atoms with Gasteiger partial charge in [-0.15, -0.1) is 11.3 Å². The Hall–Kier alpha value is -4.61. The molecule has 1 N–H and O–H groups in total. The van der Waals surface area contributed by atoms with Gasteiger partial charge in [-0.3, -0.25) is 15.0 Å². The zero-order valence-electron chi connectivity index (χ0n) is 24.8. The Kier molecular flexibility index (Phi) is 6.28. The minimum Gasteiger partial charge on any atom is -0.444 e. The highest BCUT2D eigenvalue weighted by Crippen LogP contribution is 2.40. The van der Waals surface area contributed by atoms with Crippen molar-refractivity contribution >= 4 is 34.0 Å². The first-order valence-electron chi connectivity index (χ1n) is 14.9. The molecule has 10 nitrogen and oxygen atoms in total. The van der Waals surface area contributed by atoms with E-state index in [1.807, 2.05) is 72.9 Å². The van der Waals surface area contributed by atoms with Crippen LogP contribution in [0.4, 0.5) is 4.79 Å². The molecule has 7 heterocycles. The number of hydrogen-bond acceptors (Lipinski definition) is 8. The number of fused-ring (bicyclic) bond motifs is 4. The van der Waals surface area contributed by atoms with Crippen molar-refractivity contribution in [2.75, 3.05) is 13.1 Å². The van der Waals surface area contributed by atoms with Crippen LogP contribution in [0.15, 0.2) is 73.3 Å². The SMILES string of the molecule is CC(C)(C)OC(=O)N1C[C@@H]2C[C@@H]1CN2Cc1ccc(-c2ccnc3c(-c4cccc5[nH]ncc45)c(-c4ccncc4)nn23)s1. The van der Waals surface area contributed by atoms with Crippen molar-refractivity contribution in [1.29, 1.82) is 0 Å². The van der Waals surface area contributed by atoms with Crippen LogP contribution >= 0.6 is 11.3 Å². The molecular weight excluding hydrogens is 572 g/mol. The van der Waals surface area contributed by atoms with Crippen LogP contribution < -0.4 is 0 Å². The molecule has 2 fully saturated rings. The van der Waals surface area contributed by atoms with Crippen molar-refractivity contribution in [2.45, 2.75) is 51.4 Å². The van der Waals surface area contributed by atoms with E-state index in [4.69, 9.17) is 14.8 Å². The number of aromatic nitrogens is 6. The molecule has 222 valence electrons. The number of likely N-dealkylation sites (tertiary alicyclic amines) is 2. The van der Waals surface area contributed by atoms with Crippen LogP contribution in [-0.4, -0.2) is 76.4 Å². The van der Waals surface area contributed by atoms with Gasteiger partial charge < -0.3 is 9.64 Å². The number of ether oxygens (including phenoxy) is 1. The molecule has 8 rings (SSSR count). The van der Waals surface area contributed by atoms with E-state index in [-0.39, 0.29) is 12.1 Å². The molecule has 2 saturated heterocycles. The lowest BCUT2D eigenvalue weighted by atomic mass is 9.99. The van der Waals surface area contributed by atoms with Gasteiger partial charge in [0.25, 0.3) is 0 Å². The highest BCUT2D eigenvalue weighted by atomic mass is 32.1. The summed E-state index contributed by atoms with van der Waals surface area (Å²) in [5.74, 6) is 0. The van der Waals surface area contributed by atoms with Crippen LogP contribution in [0.2, 0.25) is 0 Å². The average Bonchev–Trinajstić information content (AvgIpc) is 3.84. The van der Waals surface area contributed by atoms with Crippen molar-refractivity contribution in [3.05, 3.63) is 78.2 Å². The summed E-state index contributed by atoms with van der Waals surface area (Å²) in [5, 5.41) is 13.6. The molecule has 5 aromatic heterocycles. The standard InChI is InChI=1S/C33H32N8O2S/c1-33(2,3)43-32(42)40-18-21-15-22(40)17-39(21)19-23-7-8-28(44-23)27-11-14-35-31-29(24-5-4-6-26-25(24)16-36-37-26)30(38-41(27)31)20-9-12-34-13-10-20/h4-14,16,21-22H,15,17-19H2,1-3H3,(H,36,37)/t21-,22+/m0/s1. The summed E-state index contributed by atoms with van der Waals surface area (Å²) in [6.07, 6.45) is 8.11. The lowest BCUT2D eigenvalue weighted by molar-refractivity contribution is 0.0124. The Morgan fingerprint density at radius 1 is 1.05 bits per heavy atom. The van der Waals surface area contributed by atoms with Gasteiger partial charge in [-0.1, -0.05) is 12.1 Å². The maximum Gasteiger partial charge on any atom is 0.410 e. The summed E-state index contributed by atoms with van der Waals surface area (Å²) in [6.45, 7) is 8.20. The number of piperazine rings is 1. The molecule has 0 radical (unpaired) electrons. The van der Waals surface area contributed by atoms with Gasteiger partial charge in [0.2, 0.25) is 0 Å². The molecule has 2 aliphatic rings. The van der Waals surface area contributed by atoms with Gasteiger partial charge in [0.05, 0.1) is 27.8 Å². The number of benzene rings is 1. The van der Waals surface area contributed by atoms with Crippen LogP contribution in [0.1, 0.15) is 32.1 Å². The molecule has 0 aliphatic carbocycles. The van der Waals surface area contributed by atoms with Crippen LogP contribution in [-0.2, 0) is 11.3 Å². The minimum atomic E-state index is -0.481. The molecule has 2 bridgehead atoms. The monoisotopic (exact) mass is 604 g/mol. The summed E-state index contributed by atoms with van der Waals surface area (Å²) in [7, 11) is 0. The van der Waals surface area contributed by atoms with Gasteiger partial charge in [0, 0.05) is 66.1 Å². The number of pyridine rings is 1. The maximum atomic E-state index is 12.7. The molecule has 6 aromatic rings. The first-order chi connectivity index (χ1) is 21.3. The molecule has 2 atom stereocenters. The van der Waals surface area contributed by atoms with E-state index in [9.17, 15) is 4.79 Å². The molecule has 0 saturated carbocycles. The second-order valence-corrected chi connectivity index (χ2v) is 13.7. The topological polar surface area (TPSA) is 105 Å². The van der Waals surface area contributed by atoms with E-state index >= 15 is 0 Å². The number of rotatable bonds is 5. The van der Waals surface area contributed by atoms with Gasteiger partial charge in [0.15, 0.2) is 5.65 Å². The van der Waals surface area contributed by atoms with Crippen LogP contribution in [0, 0.1) is 0 Å². The lowest BCUT2D eigenvalue weighted by Crippen LogP contribution is -2.49. The Morgan fingerprint density at radius 2 is 1.91 bits per heavy atom. The number of nitrogens with zero attached hydrogens (tertiary/aromatic N) is 7. The van der Waals surface area contributed by atoms with E-state index in [1.54, 1.807) is 23.7 Å². The van der Waals surface area contributed by atoms with Gasteiger partial charge in [-0.2, -0.15) is 10.2 Å². The first kappa shape index (κ1) is 27.0. The van der Waals surface area contributed by atoms with Crippen molar-refractivity contribution in [2.24, 2.45) is 0 Å². The highest BCUT2D eigenvalue weighted by molar-refractivity contribution is 7.15. The predicted molar refractivity (Wildman–Crippen MR) is 170 cm³/mol. The third-order valence-corrected chi connectivity index (χ3v) is 9.57. The summed E-state index contributed by atoms with van der Waals surface area (Å²) >= 11 is 1.78. The molecule has 2 aliphatic heterocycles. The van der Waals surface area contributed by atoms with E-state index in [1.165, 1.54) is 4.88 Å². The zero-order valence-corrected chi connectivity index (χ0v) is 25.6. The van der Waals surface area contributed by atoms with E-state index in [0.29, 0.717) is 6.04 Å². The summed E-state index contributed by atoms with van der Waals surface area (Å²) in [5.41, 5.74) is 6.08. The molecule has 11 heteroatoms. The van der Waals surface area contributed by atoms with E-state index in [2.05, 4.69) is 38.3 Å². The van der Waals surface area contributed by atoms with E-state index in [0.717, 1.165) is 75.6 Å². The molecule has 44 heavy (non-hydrogen) atoms. The van der Waals surface area contributed by atoms with E-state index < -0.39 is 5.60 Å². The highest BCUT2D eigenvalue weighted by Gasteiger charge is 2.46. The summed E-state index contributed by atoms with van der Waals surface area (Å²) < 4.78 is 7.62. The number of carbonyl (C=O) groups excluding carboxylic acids is 1. The largest absolute Gasteiger partial charge is 0.444 e. The number of amides is 1. The molecule has 0 unspecified atom stereocenters. The zero-order chi connectivity index (χ0) is 30.0. The predicted octanol–water partition coefficient (Wildman–Crippen LogP) is 6.26. The summed E-state index contributed by atoms with van der Waals surface area (Å²) in [4.78, 5) is 28.6. The second kappa shape index (κ2) is 10.2. The Bertz CT molecular complexity index is 2010. The van der Waals surface area contributed by atoms with Gasteiger partial charge in [-0.05, 0) is 69.2 Å². The average molecular weight is 605 g/mol.